The molecule has 3 N–H and O–H groups in total. The summed E-state index contributed by atoms with van der Waals surface area (Å²) in [5, 5.41) is 7.43. The third-order valence-corrected chi connectivity index (χ3v) is 5.17. The zero-order valence-electron chi connectivity index (χ0n) is 13.9. The molecule has 2 unspecified atom stereocenters. The Balaban J connectivity index is 0.00000156. The number of carbonyl (C=O) groups is 1. The number of benzene rings is 1. The third kappa shape index (κ3) is 5.34. The van der Waals surface area contributed by atoms with Gasteiger partial charge in [0.1, 0.15) is 6.33 Å². The maximum Gasteiger partial charge on any atom is 0.254 e. The van der Waals surface area contributed by atoms with Crippen molar-refractivity contribution < 1.29 is 4.79 Å². The number of nitrogens with one attached hydrogen (secondary N) is 1. The lowest BCUT2D eigenvalue weighted by Gasteiger charge is -2.21. The molecule has 0 bridgehead atoms. The van der Waals surface area contributed by atoms with Gasteiger partial charge in [0.25, 0.3) is 5.91 Å². The highest BCUT2D eigenvalue weighted by Crippen LogP contribution is 2.25. The van der Waals surface area contributed by atoms with E-state index in [1.807, 2.05) is 29.2 Å². The number of likely N-dealkylation sites (tertiary alicyclic amines) is 1. The van der Waals surface area contributed by atoms with Crippen LogP contribution in [-0.4, -0.2) is 45.1 Å². The molecule has 138 valence electrons. The van der Waals surface area contributed by atoms with Gasteiger partial charge in [-0.3, -0.25) is 9.89 Å². The molecule has 1 amide bonds. The highest BCUT2D eigenvalue weighted by molar-refractivity contribution is 7.98. The Morgan fingerprint density at radius 1 is 1.36 bits per heavy atom. The number of amides is 1. The van der Waals surface area contributed by atoms with Crippen molar-refractivity contribution in [1.29, 1.82) is 0 Å². The van der Waals surface area contributed by atoms with Crippen molar-refractivity contribution in [1.82, 2.24) is 20.1 Å². The van der Waals surface area contributed by atoms with E-state index in [0.717, 1.165) is 35.0 Å². The average Bonchev–Trinajstić information content (AvgIpc) is 3.22. The predicted molar refractivity (Wildman–Crippen MR) is 105 cm³/mol. The van der Waals surface area contributed by atoms with E-state index >= 15 is 0 Å². The molecule has 2 atom stereocenters. The molecule has 1 saturated heterocycles. The van der Waals surface area contributed by atoms with E-state index in [2.05, 4.69) is 22.1 Å². The standard InChI is InChI=1S/C16H21N5OS.2ClH/c1-11-6-13(7-17)8-21(11)15(22)14-4-2-12(3-5-14)9-23-16-18-10-19-20-16;;/h2-5,10-11,13H,6-9,17H2,1H3,(H,18,19,20);2*1H. The summed E-state index contributed by atoms with van der Waals surface area (Å²) in [7, 11) is 0. The molecule has 1 fully saturated rings. The SMILES string of the molecule is CC1CC(CN)CN1C(=O)c1ccc(CSc2ncn[nH]2)cc1.Cl.Cl. The average molecular weight is 404 g/mol. The molecule has 0 spiro atoms. The zero-order valence-corrected chi connectivity index (χ0v) is 16.4. The van der Waals surface area contributed by atoms with Crippen molar-refractivity contribution in [2.75, 3.05) is 13.1 Å². The summed E-state index contributed by atoms with van der Waals surface area (Å²) >= 11 is 1.59. The van der Waals surface area contributed by atoms with E-state index in [1.54, 1.807) is 11.8 Å². The summed E-state index contributed by atoms with van der Waals surface area (Å²) < 4.78 is 0. The normalized spacial score (nSPS) is 19.2. The third-order valence-electron chi connectivity index (χ3n) is 4.22. The minimum atomic E-state index is 0. The molecule has 6 nitrogen and oxygen atoms in total. The van der Waals surface area contributed by atoms with Gasteiger partial charge >= 0.3 is 0 Å². The minimum absolute atomic E-state index is 0. The largest absolute Gasteiger partial charge is 0.336 e. The van der Waals surface area contributed by atoms with Crippen LogP contribution in [0.5, 0.6) is 0 Å². The van der Waals surface area contributed by atoms with E-state index in [4.69, 9.17) is 5.73 Å². The molecule has 1 aromatic carbocycles. The van der Waals surface area contributed by atoms with Gasteiger partial charge in [0.05, 0.1) is 0 Å². The molecule has 1 aliphatic rings. The van der Waals surface area contributed by atoms with Crippen molar-refractivity contribution >= 4 is 42.5 Å². The highest BCUT2D eigenvalue weighted by atomic mass is 35.5. The Kier molecular flexibility index (Phi) is 8.71. The zero-order chi connectivity index (χ0) is 16.2. The number of nitrogens with two attached hydrogens (primary N) is 1. The lowest BCUT2D eigenvalue weighted by Crippen LogP contribution is -2.34. The van der Waals surface area contributed by atoms with Crippen molar-refractivity contribution in [3.8, 4) is 0 Å². The molecular weight excluding hydrogens is 381 g/mol. The smallest absolute Gasteiger partial charge is 0.254 e. The van der Waals surface area contributed by atoms with Gasteiger partial charge in [0, 0.05) is 23.9 Å². The van der Waals surface area contributed by atoms with Gasteiger partial charge < -0.3 is 10.6 Å². The van der Waals surface area contributed by atoms with Gasteiger partial charge in [-0.05, 0) is 43.5 Å². The van der Waals surface area contributed by atoms with Crippen LogP contribution in [0.3, 0.4) is 0 Å². The van der Waals surface area contributed by atoms with E-state index in [1.165, 1.54) is 6.33 Å². The van der Waals surface area contributed by atoms with Crippen LogP contribution in [0.1, 0.15) is 29.3 Å². The molecule has 0 saturated carbocycles. The van der Waals surface area contributed by atoms with Gasteiger partial charge in [-0.2, -0.15) is 5.10 Å². The lowest BCUT2D eigenvalue weighted by atomic mass is 10.1. The van der Waals surface area contributed by atoms with Crippen molar-refractivity contribution in [3.05, 3.63) is 41.7 Å². The fraction of sp³-hybridized carbons (Fsp3) is 0.438. The van der Waals surface area contributed by atoms with Gasteiger partial charge in [0.15, 0.2) is 5.16 Å². The molecular formula is C16H23Cl2N5OS. The van der Waals surface area contributed by atoms with E-state index in [-0.39, 0.29) is 36.8 Å². The van der Waals surface area contributed by atoms with Gasteiger partial charge in [-0.15, -0.1) is 24.8 Å². The van der Waals surface area contributed by atoms with Crippen LogP contribution in [0.4, 0.5) is 0 Å². The van der Waals surface area contributed by atoms with Crippen molar-refractivity contribution in [3.63, 3.8) is 0 Å². The number of carbonyl (C=O) groups excluding carboxylic acids is 1. The summed E-state index contributed by atoms with van der Waals surface area (Å²) in [4.78, 5) is 18.6. The predicted octanol–water partition coefficient (Wildman–Crippen LogP) is 2.75. The first-order valence-electron chi connectivity index (χ1n) is 7.75. The number of nitrogens with zero attached hydrogens (tertiary/aromatic N) is 3. The van der Waals surface area contributed by atoms with Crippen LogP contribution < -0.4 is 5.73 Å². The number of hydrogen-bond acceptors (Lipinski definition) is 5. The lowest BCUT2D eigenvalue weighted by molar-refractivity contribution is 0.0743. The van der Waals surface area contributed by atoms with Gasteiger partial charge in [0.2, 0.25) is 0 Å². The number of aromatic amines is 1. The Hall–Kier alpha value is -1.28. The number of halogens is 2. The van der Waals surface area contributed by atoms with Gasteiger partial charge in [-0.25, -0.2) is 4.98 Å². The first-order valence-corrected chi connectivity index (χ1v) is 8.74. The van der Waals surface area contributed by atoms with E-state index in [0.29, 0.717) is 12.5 Å². The minimum Gasteiger partial charge on any atom is -0.336 e. The molecule has 1 aromatic heterocycles. The Morgan fingerprint density at radius 3 is 2.64 bits per heavy atom. The topological polar surface area (TPSA) is 87.9 Å². The molecule has 2 aromatic rings. The van der Waals surface area contributed by atoms with E-state index < -0.39 is 0 Å². The van der Waals surface area contributed by atoms with Crippen LogP contribution in [0.15, 0.2) is 35.7 Å². The molecule has 3 rings (SSSR count). The number of rotatable bonds is 5. The second-order valence-corrected chi connectivity index (χ2v) is 6.88. The highest BCUT2D eigenvalue weighted by Gasteiger charge is 2.31. The van der Waals surface area contributed by atoms with Crippen molar-refractivity contribution in [2.24, 2.45) is 11.7 Å². The van der Waals surface area contributed by atoms with Crippen LogP contribution in [0, 0.1) is 5.92 Å². The number of thioether (sulfide) groups is 1. The summed E-state index contributed by atoms with van der Waals surface area (Å²) in [6.45, 7) is 3.50. The maximum absolute atomic E-state index is 12.6. The Labute approximate surface area is 164 Å². The molecule has 2 heterocycles. The molecule has 9 heteroatoms. The van der Waals surface area contributed by atoms with E-state index in [9.17, 15) is 4.79 Å². The molecule has 0 radical (unpaired) electrons. The number of aromatic nitrogens is 3. The van der Waals surface area contributed by atoms with Crippen LogP contribution in [-0.2, 0) is 5.75 Å². The summed E-state index contributed by atoms with van der Waals surface area (Å²) in [5.74, 6) is 1.31. The summed E-state index contributed by atoms with van der Waals surface area (Å²) in [5.41, 5.74) is 7.63. The first kappa shape index (κ1) is 21.8. The van der Waals surface area contributed by atoms with Crippen molar-refractivity contribution in [2.45, 2.75) is 30.3 Å². The Bertz CT molecular complexity index is 653. The second kappa shape index (κ2) is 10.0. The summed E-state index contributed by atoms with van der Waals surface area (Å²) in [6, 6.07) is 8.07. The number of hydrogen-bond donors (Lipinski definition) is 2. The van der Waals surface area contributed by atoms with Crippen LogP contribution in [0.25, 0.3) is 0 Å². The molecule has 1 aliphatic heterocycles. The number of H-pyrrole nitrogens is 1. The molecule has 25 heavy (non-hydrogen) atoms. The molecule has 0 aliphatic carbocycles. The monoisotopic (exact) mass is 403 g/mol. The fourth-order valence-corrected chi connectivity index (χ4v) is 3.66. The maximum atomic E-state index is 12.6. The van der Waals surface area contributed by atoms with Crippen LogP contribution >= 0.6 is 36.6 Å². The quantitative estimate of drug-likeness (QED) is 0.749. The van der Waals surface area contributed by atoms with Crippen LogP contribution in [0.2, 0.25) is 0 Å². The second-order valence-electron chi connectivity index (χ2n) is 5.92. The summed E-state index contributed by atoms with van der Waals surface area (Å²) in [6.07, 6.45) is 2.49. The first-order chi connectivity index (χ1) is 11.2. The van der Waals surface area contributed by atoms with Gasteiger partial charge in [-0.1, -0.05) is 23.9 Å². The Morgan fingerprint density at radius 2 is 2.08 bits per heavy atom. The fourth-order valence-electron chi connectivity index (χ4n) is 2.92.